The Kier molecular flexibility index (Phi) is 6.60. The maximum Gasteiger partial charge on any atom is 0.249 e. The van der Waals surface area contributed by atoms with E-state index in [9.17, 15) is 0 Å². The van der Waals surface area contributed by atoms with Crippen LogP contribution in [0.1, 0.15) is 17.0 Å². The summed E-state index contributed by atoms with van der Waals surface area (Å²) in [7, 11) is 0. The molecule has 0 aliphatic carbocycles. The second-order valence-electron chi connectivity index (χ2n) is 7.99. The molecular weight excluding hydrogens is 476 g/mol. The van der Waals surface area contributed by atoms with Crippen LogP contribution in [0.4, 0.5) is 0 Å². The van der Waals surface area contributed by atoms with Gasteiger partial charge < -0.3 is 4.42 Å². The Morgan fingerprint density at radius 2 is 1.17 bits per heavy atom. The Hall–Kier alpha value is -3.95. The Bertz CT molecular complexity index is 1510. The van der Waals surface area contributed by atoms with Crippen molar-refractivity contribution in [3.8, 4) is 45.1 Å². The zero-order valence-electron chi connectivity index (χ0n) is 19.4. The molecule has 0 saturated heterocycles. The molecule has 0 saturated carbocycles. The third-order valence-electron chi connectivity index (χ3n) is 5.39. The Balaban J connectivity index is 0.000000145. The number of hydrogen-bond acceptors (Lipinski definition) is 8. The number of benzene rings is 2. The van der Waals surface area contributed by atoms with Gasteiger partial charge in [-0.2, -0.15) is 27.9 Å². The van der Waals surface area contributed by atoms with E-state index in [2.05, 4.69) is 104 Å². The molecule has 6 aromatic rings. The summed E-state index contributed by atoms with van der Waals surface area (Å²) in [6.45, 7) is 5.96. The lowest BCUT2D eigenvalue weighted by molar-refractivity contribution is 0.533. The number of nitrogens with one attached hydrogen (secondary N) is 1. The number of rotatable bonds is 4. The SMILES string of the molecule is Cc1ccc(-c2cscc2-c2nn[nH]n2)cc1.Cc1ccc(-c2cscc2-c2nnc(C)o2)cc1. The molecule has 0 bridgehead atoms. The highest BCUT2D eigenvalue weighted by molar-refractivity contribution is 7.09. The van der Waals surface area contributed by atoms with Gasteiger partial charge in [0, 0.05) is 34.4 Å². The Morgan fingerprint density at radius 3 is 1.69 bits per heavy atom. The van der Waals surface area contributed by atoms with Gasteiger partial charge in [0.2, 0.25) is 17.6 Å². The first-order valence-corrected chi connectivity index (χ1v) is 12.8. The van der Waals surface area contributed by atoms with Crippen molar-refractivity contribution in [3.63, 3.8) is 0 Å². The monoisotopic (exact) mass is 498 g/mol. The standard InChI is InChI=1S/C14H12N2OS.C12H10N4S/c1-9-3-5-11(6-4-9)12-7-18-8-13(12)14-16-15-10(2)17-14;1-8-2-4-9(5-3-8)10-6-17-7-11(10)12-13-15-16-14-12/h3-8H,1-2H3;2-7H,1H3,(H,13,14,15,16). The molecule has 1 N–H and O–H groups in total. The third-order valence-corrected chi connectivity index (χ3v) is 6.88. The van der Waals surface area contributed by atoms with Gasteiger partial charge >= 0.3 is 0 Å². The van der Waals surface area contributed by atoms with E-state index >= 15 is 0 Å². The summed E-state index contributed by atoms with van der Waals surface area (Å²) >= 11 is 3.28. The number of thiophene rings is 2. The third kappa shape index (κ3) is 5.11. The van der Waals surface area contributed by atoms with Gasteiger partial charge in [-0.1, -0.05) is 59.7 Å². The highest BCUT2D eigenvalue weighted by atomic mass is 32.1. The van der Waals surface area contributed by atoms with E-state index in [1.54, 1.807) is 29.6 Å². The smallest absolute Gasteiger partial charge is 0.249 e. The number of aryl methyl sites for hydroxylation is 3. The molecule has 0 atom stereocenters. The fourth-order valence-corrected chi connectivity index (χ4v) is 5.19. The second-order valence-corrected chi connectivity index (χ2v) is 9.48. The van der Waals surface area contributed by atoms with Crippen molar-refractivity contribution in [1.29, 1.82) is 0 Å². The van der Waals surface area contributed by atoms with Crippen LogP contribution < -0.4 is 0 Å². The topological polar surface area (TPSA) is 93.4 Å². The normalized spacial score (nSPS) is 10.7. The van der Waals surface area contributed by atoms with Crippen LogP contribution in [0.5, 0.6) is 0 Å². The van der Waals surface area contributed by atoms with Gasteiger partial charge in [0.25, 0.3) is 0 Å². The predicted octanol–water partition coefficient (Wildman–Crippen LogP) is 6.99. The number of aromatic amines is 1. The second kappa shape index (κ2) is 10.1. The first-order chi connectivity index (χ1) is 17.1. The summed E-state index contributed by atoms with van der Waals surface area (Å²) in [5, 5.41) is 30.4. The molecule has 0 aliphatic heterocycles. The van der Waals surface area contributed by atoms with E-state index in [1.165, 1.54) is 22.3 Å². The van der Waals surface area contributed by atoms with E-state index in [4.69, 9.17) is 4.42 Å². The first-order valence-electron chi connectivity index (χ1n) is 10.9. The predicted molar refractivity (Wildman–Crippen MR) is 140 cm³/mol. The molecule has 6 rings (SSSR count). The van der Waals surface area contributed by atoms with E-state index in [1.807, 2.05) is 10.8 Å². The molecule has 9 heteroatoms. The first kappa shape index (κ1) is 22.8. The molecule has 4 heterocycles. The Morgan fingerprint density at radius 1 is 0.629 bits per heavy atom. The van der Waals surface area contributed by atoms with E-state index in [0.717, 1.165) is 22.3 Å². The van der Waals surface area contributed by atoms with Crippen molar-refractivity contribution >= 4 is 22.7 Å². The van der Waals surface area contributed by atoms with Gasteiger partial charge in [-0.25, -0.2) is 0 Å². The number of nitrogens with zero attached hydrogens (tertiary/aromatic N) is 5. The lowest BCUT2D eigenvalue weighted by Gasteiger charge is -2.01. The molecule has 4 aromatic heterocycles. The van der Waals surface area contributed by atoms with Crippen LogP contribution in [-0.4, -0.2) is 30.8 Å². The van der Waals surface area contributed by atoms with Crippen LogP contribution in [0, 0.1) is 20.8 Å². The molecule has 7 nitrogen and oxygen atoms in total. The summed E-state index contributed by atoms with van der Waals surface area (Å²) in [4.78, 5) is 0. The maximum atomic E-state index is 5.50. The largest absolute Gasteiger partial charge is 0.421 e. The molecule has 0 fully saturated rings. The van der Waals surface area contributed by atoms with Gasteiger partial charge in [0.05, 0.1) is 5.56 Å². The zero-order chi connectivity index (χ0) is 24.2. The van der Waals surface area contributed by atoms with Crippen molar-refractivity contribution in [2.45, 2.75) is 20.8 Å². The average Bonchev–Trinajstić information content (AvgIpc) is 3.67. The van der Waals surface area contributed by atoms with Crippen LogP contribution in [0.15, 0.2) is 74.5 Å². The molecule has 0 spiro atoms. The zero-order valence-corrected chi connectivity index (χ0v) is 21.0. The molecule has 0 amide bonds. The number of H-pyrrole nitrogens is 1. The van der Waals surface area contributed by atoms with E-state index in [0.29, 0.717) is 17.6 Å². The summed E-state index contributed by atoms with van der Waals surface area (Å²) in [5.41, 5.74) is 9.18. The van der Waals surface area contributed by atoms with Crippen LogP contribution in [-0.2, 0) is 0 Å². The van der Waals surface area contributed by atoms with Crippen molar-refractivity contribution in [2.75, 3.05) is 0 Å². The molecule has 0 radical (unpaired) electrons. The van der Waals surface area contributed by atoms with Crippen molar-refractivity contribution in [1.82, 2.24) is 30.8 Å². The van der Waals surface area contributed by atoms with Crippen LogP contribution in [0.2, 0.25) is 0 Å². The molecule has 0 aliphatic rings. The van der Waals surface area contributed by atoms with Gasteiger partial charge in [-0.3, -0.25) is 0 Å². The molecule has 2 aromatic carbocycles. The van der Waals surface area contributed by atoms with E-state index < -0.39 is 0 Å². The minimum Gasteiger partial charge on any atom is -0.421 e. The maximum absolute atomic E-state index is 5.50. The highest BCUT2D eigenvalue weighted by Crippen LogP contribution is 2.35. The fraction of sp³-hybridized carbons (Fsp3) is 0.115. The highest BCUT2D eigenvalue weighted by Gasteiger charge is 2.14. The van der Waals surface area contributed by atoms with Crippen molar-refractivity contribution in [2.24, 2.45) is 0 Å². The summed E-state index contributed by atoms with van der Waals surface area (Å²) in [6.07, 6.45) is 0. The molecule has 35 heavy (non-hydrogen) atoms. The minimum atomic E-state index is 0.587. The van der Waals surface area contributed by atoms with Gasteiger partial charge in [0.1, 0.15) is 0 Å². The number of hydrogen-bond donors (Lipinski definition) is 1. The number of aromatic nitrogens is 6. The van der Waals surface area contributed by atoms with Gasteiger partial charge in [0.15, 0.2) is 0 Å². The van der Waals surface area contributed by atoms with E-state index in [-0.39, 0.29) is 0 Å². The molecule has 174 valence electrons. The summed E-state index contributed by atoms with van der Waals surface area (Å²) in [6, 6.07) is 16.9. The van der Waals surface area contributed by atoms with Gasteiger partial charge in [-0.15, -0.1) is 20.4 Å². The van der Waals surface area contributed by atoms with Crippen molar-refractivity contribution < 1.29 is 4.42 Å². The lowest BCUT2D eigenvalue weighted by atomic mass is 10.0. The molecule has 0 unspecified atom stereocenters. The van der Waals surface area contributed by atoms with Gasteiger partial charge in [-0.05, 0) is 40.9 Å². The summed E-state index contributed by atoms with van der Waals surface area (Å²) < 4.78 is 5.50. The van der Waals surface area contributed by atoms with Crippen LogP contribution in [0.3, 0.4) is 0 Å². The average molecular weight is 499 g/mol. The number of tetrazole rings is 1. The quantitative estimate of drug-likeness (QED) is 0.282. The van der Waals surface area contributed by atoms with Crippen LogP contribution in [0.25, 0.3) is 45.1 Å². The Labute approximate surface area is 210 Å². The van der Waals surface area contributed by atoms with Crippen molar-refractivity contribution in [3.05, 3.63) is 87.1 Å². The summed E-state index contributed by atoms with van der Waals surface area (Å²) in [5.74, 6) is 1.82. The lowest BCUT2D eigenvalue weighted by Crippen LogP contribution is -1.83. The molecular formula is C26H22N6OS2. The van der Waals surface area contributed by atoms with Crippen LogP contribution >= 0.6 is 22.7 Å². The minimum absolute atomic E-state index is 0.587. The fourth-order valence-electron chi connectivity index (χ4n) is 3.53.